The summed E-state index contributed by atoms with van der Waals surface area (Å²) in [4.78, 5) is 0. The number of hydrogen-bond acceptors (Lipinski definition) is 2. The van der Waals surface area contributed by atoms with E-state index in [0.717, 1.165) is 12.7 Å². The molecule has 1 heterocycles. The summed E-state index contributed by atoms with van der Waals surface area (Å²) >= 11 is 0. The van der Waals surface area contributed by atoms with E-state index in [9.17, 15) is 0 Å². The first-order valence-electron chi connectivity index (χ1n) is 8.36. The molecule has 1 aromatic carbocycles. The van der Waals surface area contributed by atoms with Crippen LogP contribution in [0, 0.1) is 5.92 Å². The molecule has 2 nitrogen and oxygen atoms in total. The molecular weight excluding hydrogens is 271 g/mol. The first kappa shape index (κ1) is 17.3. The number of hydrogen-bond donors (Lipinski definition) is 0. The van der Waals surface area contributed by atoms with Gasteiger partial charge in [0.15, 0.2) is 0 Å². The smallest absolute Gasteiger partial charge is 0.403 e. The molecule has 0 radical (unpaired) electrons. The van der Waals surface area contributed by atoms with Gasteiger partial charge in [0.25, 0.3) is 0 Å². The van der Waals surface area contributed by atoms with Crippen molar-refractivity contribution in [3.8, 4) is 0 Å². The lowest BCUT2D eigenvalue weighted by atomic mass is 9.84. The average molecular weight is 300 g/mol. The van der Waals surface area contributed by atoms with E-state index in [4.69, 9.17) is 9.31 Å². The summed E-state index contributed by atoms with van der Waals surface area (Å²) in [7, 11) is -0.123. The van der Waals surface area contributed by atoms with Gasteiger partial charge in [-0.25, -0.2) is 0 Å². The van der Waals surface area contributed by atoms with Crippen LogP contribution in [0.2, 0.25) is 6.32 Å². The van der Waals surface area contributed by atoms with Gasteiger partial charge in [0.2, 0.25) is 0 Å². The minimum Gasteiger partial charge on any atom is -0.403 e. The lowest BCUT2D eigenvalue weighted by Crippen LogP contribution is -2.41. The summed E-state index contributed by atoms with van der Waals surface area (Å²) in [6, 6.07) is 10.7. The van der Waals surface area contributed by atoms with Gasteiger partial charge >= 0.3 is 7.12 Å². The summed E-state index contributed by atoms with van der Waals surface area (Å²) < 4.78 is 12.0. The Hall–Kier alpha value is -1.06. The second-order valence-electron chi connectivity index (χ2n) is 7.35. The van der Waals surface area contributed by atoms with Gasteiger partial charge < -0.3 is 9.31 Å². The van der Waals surface area contributed by atoms with Crippen molar-refractivity contribution in [1.29, 1.82) is 0 Å². The Morgan fingerprint density at radius 2 is 1.64 bits per heavy atom. The number of aryl methyl sites for hydroxylation is 1. The van der Waals surface area contributed by atoms with Crippen LogP contribution in [-0.4, -0.2) is 18.3 Å². The normalized spacial score (nSPS) is 21.4. The Morgan fingerprint density at radius 1 is 1.05 bits per heavy atom. The van der Waals surface area contributed by atoms with Crippen LogP contribution in [0.15, 0.2) is 42.5 Å². The lowest BCUT2D eigenvalue weighted by molar-refractivity contribution is 0.00578. The maximum Gasteiger partial charge on any atom is 0.461 e. The second kappa shape index (κ2) is 7.01. The van der Waals surface area contributed by atoms with Crippen LogP contribution in [0.4, 0.5) is 0 Å². The molecule has 120 valence electrons. The quantitative estimate of drug-likeness (QED) is 0.549. The fraction of sp³-hybridized carbons (Fsp3) is 0.579. The molecule has 1 fully saturated rings. The summed E-state index contributed by atoms with van der Waals surface area (Å²) in [6.07, 6.45) is 7.61. The molecule has 0 bridgehead atoms. The van der Waals surface area contributed by atoms with Crippen molar-refractivity contribution in [2.24, 2.45) is 5.92 Å². The molecule has 0 aliphatic carbocycles. The molecule has 1 saturated heterocycles. The van der Waals surface area contributed by atoms with E-state index in [1.165, 1.54) is 12.0 Å². The molecule has 22 heavy (non-hydrogen) atoms. The zero-order valence-electron chi connectivity index (χ0n) is 14.6. The van der Waals surface area contributed by atoms with Gasteiger partial charge in [0, 0.05) is 6.32 Å². The van der Waals surface area contributed by atoms with Crippen molar-refractivity contribution < 1.29 is 9.31 Å². The molecule has 0 aromatic heterocycles. The fourth-order valence-corrected chi connectivity index (χ4v) is 2.62. The van der Waals surface area contributed by atoms with E-state index in [1.54, 1.807) is 0 Å². The van der Waals surface area contributed by atoms with Crippen molar-refractivity contribution in [2.45, 2.75) is 65.0 Å². The van der Waals surface area contributed by atoms with Crippen LogP contribution in [0.25, 0.3) is 0 Å². The van der Waals surface area contributed by atoms with Crippen molar-refractivity contribution in [3.63, 3.8) is 0 Å². The second-order valence-corrected chi connectivity index (χ2v) is 7.35. The monoisotopic (exact) mass is 300 g/mol. The van der Waals surface area contributed by atoms with Gasteiger partial charge in [-0.1, -0.05) is 49.4 Å². The van der Waals surface area contributed by atoms with Gasteiger partial charge in [-0.2, -0.15) is 0 Å². The van der Waals surface area contributed by atoms with E-state index in [-0.39, 0.29) is 18.3 Å². The first-order valence-corrected chi connectivity index (χ1v) is 8.36. The molecular formula is C19H29BO2. The summed E-state index contributed by atoms with van der Waals surface area (Å²) in [5.41, 5.74) is 0.947. The van der Waals surface area contributed by atoms with Gasteiger partial charge in [-0.15, -0.1) is 0 Å². The Morgan fingerprint density at radius 3 is 2.23 bits per heavy atom. The molecule has 2 rings (SSSR count). The maximum atomic E-state index is 6.00. The molecule has 0 N–H and O–H groups in total. The van der Waals surface area contributed by atoms with Gasteiger partial charge in [-0.3, -0.25) is 0 Å². The van der Waals surface area contributed by atoms with Crippen molar-refractivity contribution in [2.75, 3.05) is 0 Å². The van der Waals surface area contributed by atoms with Crippen LogP contribution in [0.5, 0.6) is 0 Å². The Bertz CT molecular complexity index is 477. The summed E-state index contributed by atoms with van der Waals surface area (Å²) in [5, 5.41) is 0. The third kappa shape index (κ3) is 4.47. The van der Waals surface area contributed by atoms with Gasteiger partial charge in [-0.05, 0) is 52.0 Å². The Balaban J connectivity index is 1.74. The topological polar surface area (TPSA) is 18.5 Å². The molecule has 0 amide bonds. The highest BCUT2D eigenvalue weighted by Crippen LogP contribution is 2.37. The summed E-state index contributed by atoms with van der Waals surface area (Å²) in [5.74, 6) is 0.572. The number of rotatable bonds is 6. The highest BCUT2D eigenvalue weighted by Gasteiger charge is 2.50. The largest absolute Gasteiger partial charge is 0.461 e. The molecule has 0 saturated carbocycles. The van der Waals surface area contributed by atoms with E-state index in [0.29, 0.717) is 5.92 Å². The van der Waals surface area contributed by atoms with Crippen molar-refractivity contribution in [3.05, 3.63) is 48.0 Å². The molecule has 1 aliphatic heterocycles. The van der Waals surface area contributed by atoms with Crippen LogP contribution in [0.3, 0.4) is 0 Å². The van der Waals surface area contributed by atoms with Crippen LogP contribution in [0.1, 0.15) is 46.6 Å². The van der Waals surface area contributed by atoms with E-state index in [2.05, 4.69) is 77.1 Å². The SMILES string of the molecule is CC(/C=C/CB1OC(C)(C)C(C)(C)O1)CCc1ccccc1. The first-order chi connectivity index (χ1) is 10.3. The van der Waals surface area contributed by atoms with Gasteiger partial charge in [0.1, 0.15) is 0 Å². The molecule has 1 unspecified atom stereocenters. The van der Waals surface area contributed by atoms with Crippen LogP contribution in [-0.2, 0) is 15.7 Å². The lowest BCUT2D eigenvalue weighted by Gasteiger charge is -2.32. The zero-order valence-corrected chi connectivity index (χ0v) is 14.6. The van der Waals surface area contributed by atoms with Crippen molar-refractivity contribution >= 4 is 7.12 Å². The Kier molecular flexibility index (Phi) is 5.52. The maximum absolute atomic E-state index is 6.00. The van der Waals surface area contributed by atoms with Gasteiger partial charge in [0.05, 0.1) is 11.2 Å². The van der Waals surface area contributed by atoms with Crippen LogP contribution >= 0.6 is 0 Å². The highest BCUT2D eigenvalue weighted by atomic mass is 16.7. The molecule has 3 heteroatoms. The predicted molar refractivity (Wildman–Crippen MR) is 94.0 cm³/mol. The standard InChI is InChI=1S/C19H29BO2/c1-16(13-14-17-11-7-6-8-12-17)10-9-15-20-21-18(2,3)19(4,5)22-20/h6-12,16H,13-15H2,1-5H3/b10-9+. The third-order valence-electron chi connectivity index (χ3n) is 4.83. The van der Waals surface area contributed by atoms with Crippen molar-refractivity contribution in [1.82, 2.24) is 0 Å². The van der Waals surface area contributed by atoms with E-state index in [1.807, 2.05) is 0 Å². The van der Waals surface area contributed by atoms with Crippen LogP contribution < -0.4 is 0 Å². The molecule has 1 aromatic rings. The molecule has 0 spiro atoms. The molecule has 1 atom stereocenters. The zero-order chi connectivity index (χ0) is 16.2. The number of benzene rings is 1. The predicted octanol–water partition coefficient (Wildman–Crippen LogP) is 4.90. The number of allylic oxidation sites excluding steroid dienone is 2. The third-order valence-corrected chi connectivity index (χ3v) is 4.83. The van der Waals surface area contributed by atoms with E-state index >= 15 is 0 Å². The minimum absolute atomic E-state index is 0.123. The Labute approximate surface area is 136 Å². The fourth-order valence-electron chi connectivity index (χ4n) is 2.62. The average Bonchev–Trinajstić information content (AvgIpc) is 2.65. The van der Waals surface area contributed by atoms with E-state index < -0.39 is 0 Å². The highest BCUT2D eigenvalue weighted by molar-refractivity contribution is 6.46. The minimum atomic E-state index is -0.232. The molecule has 1 aliphatic rings. The summed E-state index contributed by atoms with van der Waals surface area (Å²) in [6.45, 7) is 10.7.